The van der Waals surface area contributed by atoms with E-state index in [4.69, 9.17) is 5.73 Å². The van der Waals surface area contributed by atoms with Crippen molar-refractivity contribution in [3.05, 3.63) is 35.5 Å². The normalized spacial score (nSPS) is 17.8. The molecule has 11 heavy (non-hydrogen) atoms. The second-order valence-electron chi connectivity index (χ2n) is 3.24. The van der Waals surface area contributed by atoms with Crippen molar-refractivity contribution < 1.29 is 0 Å². The van der Waals surface area contributed by atoms with Crippen LogP contribution in [0.3, 0.4) is 0 Å². The third-order valence-corrected chi connectivity index (χ3v) is 1.43. The van der Waals surface area contributed by atoms with Gasteiger partial charge in [-0.25, -0.2) is 0 Å². The van der Waals surface area contributed by atoms with Gasteiger partial charge in [0.05, 0.1) is 0 Å². The predicted molar refractivity (Wildman–Crippen MR) is 49.2 cm³/mol. The summed E-state index contributed by atoms with van der Waals surface area (Å²) >= 11 is 0. The molecule has 0 spiro atoms. The van der Waals surface area contributed by atoms with Crippen LogP contribution in [-0.4, -0.2) is 6.04 Å². The molecule has 2 N–H and O–H groups in total. The van der Waals surface area contributed by atoms with E-state index in [2.05, 4.69) is 24.3 Å². The molecule has 0 heterocycles. The monoisotopic (exact) mass is 149 g/mol. The summed E-state index contributed by atoms with van der Waals surface area (Å²) in [6, 6.07) is 0.333. The van der Waals surface area contributed by atoms with Gasteiger partial charge in [-0.2, -0.15) is 0 Å². The summed E-state index contributed by atoms with van der Waals surface area (Å²) in [7, 11) is 0. The Morgan fingerprint density at radius 3 is 1.64 bits per heavy atom. The van der Waals surface area contributed by atoms with Crippen LogP contribution in [0, 0.1) is 0 Å². The van der Waals surface area contributed by atoms with Gasteiger partial charge in [-0.1, -0.05) is 38.2 Å². The van der Waals surface area contributed by atoms with Gasteiger partial charge in [0.15, 0.2) is 0 Å². The maximum Gasteiger partial charge on any atom is -0.00179 e. The molecule has 60 valence electrons. The molecule has 1 heteroatoms. The lowest BCUT2D eigenvalue weighted by Crippen LogP contribution is -2.06. The summed E-state index contributed by atoms with van der Waals surface area (Å²) in [5, 5.41) is 0. The second kappa shape index (κ2) is 3.54. The molecule has 0 radical (unpaired) electrons. The Morgan fingerprint density at radius 1 is 1.18 bits per heavy atom. The molecule has 1 nitrogen and oxygen atoms in total. The van der Waals surface area contributed by atoms with Gasteiger partial charge in [0, 0.05) is 0 Å². The Hall–Kier alpha value is -0.820. The number of nitrogens with two attached hydrogens (primary N) is 1. The van der Waals surface area contributed by atoms with E-state index in [1.807, 2.05) is 13.8 Å². The molecular formula is C10H15N. The fourth-order valence-corrected chi connectivity index (χ4v) is 1.01. The lowest BCUT2D eigenvalue weighted by atomic mass is 10.3. The van der Waals surface area contributed by atoms with E-state index in [-0.39, 0.29) is 0 Å². The van der Waals surface area contributed by atoms with E-state index >= 15 is 0 Å². The quantitative estimate of drug-likeness (QED) is 0.561. The summed E-state index contributed by atoms with van der Waals surface area (Å²) in [6.45, 7) is 3.89. The van der Waals surface area contributed by atoms with Gasteiger partial charge in [-0.05, 0) is 23.6 Å². The average molecular weight is 149 g/mol. The number of allylic oxidation sites excluding steroid dienone is 6. The van der Waals surface area contributed by atoms with Gasteiger partial charge in [0.1, 0.15) is 0 Å². The van der Waals surface area contributed by atoms with Crippen molar-refractivity contribution in [3.8, 4) is 0 Å². The third kappa shape index (κ3) is 2.72. The van der Waals surface area contributed by atoms with Crippen LogP contribution in [0.25, 0.3) is 0 Å². The molecule has 2 rings (SSSR count). The van der Waals surface area contributed by atoms with Gasteiger partial charge in [-0.3, -0.25) is 0 Å². The van der Waals surface area contributed by atoms with Gasteiger partial charge < -0.3 is 5.73 Å². The Balaban J connectivity index is 0.000000134. The van der Waals surface area contributed by atoms with Crippen molar-refractivity contribution in [1.82, 2.24) is 0 Å². The van der Waals surface area contributed by atoms with Crippen molar-refractivity contribution >= 4 is 0 Å². The highest BCUT2D eigenvalue weighted by Crippen LogP contribution is 2.27. The standard InChI is InChI=1S/C7H6.C3H9N/c1-2-7-4-3-6(1)5-7;1-3(2)4/h1-4H,5H2;3H,4H2,1-2H3. The summed E-state index contributed by atoms with van der Waals surface area (Å²) in [4.78, 5) is 0. The van der Waals surface area contributed by atoms with Crippen LogP contribution in [0.15, 0.2) is 35.5 Å². The van der Waals surface area contributed by atoms with Gasteiger partial charge in [0.25, 0.3) is 0 Å². The number of hydrogen-bond acceptors (Lipinski definition) is 1. The average Bonchev–Trinajstić information content (AvgIpc) is 2.45. The molecular weight excluding hydrogens is 134 g/mol. The minimum Gasteiger partial charge on any atom is -0.328 e. The molecule has 0 saturated heterocycles. The van der Waals surface area contributed by atoms with E-state index < -0.39 is 0 Å². The molecule has 0 saturated carbocycles. The first-order valence-electron chi connectivity index (χ1n) is 4.02. The Bertz CT molecular complexity index is 196. The molecule has 0 aliphatic heterocycles. The molecule has 0 atom stereocenters. The summed E-state index contributed by atoms with van der Waals surface area (Å²) in [6.07, 6.45) is 9.90. The molecule has 0 aromatic carbocycles. The topological polar surface area (TPSA) is 26.0 Å². The van der Waals surface area contributed by atoms with Crippen LogP contribution in [-0.2, 0) is 0 Å². The van der Waals surface area contributed by atoms with Crippen LogP contribution in [0.5, 0.6) is 0 Å². The van der Waals surface area contributed by atoms with Gasteiger partial charge in [-0.15, -0.1) is 0 Å². The molecule has 0 fully saturated rings. The molecule has 0 unspecified atom stereocenters. The third-order valence-electron chi connectivity index (χ3n) is 1.43. The largest absolute Gasteiger partial charge is 0.328 e. The van der Waals surface area contributed by atoms with E-state index in [1.54, 1.807) is 0 Å². The molecule has 2 aliphatic rings. The van der Waals surface area contributed by atoms with Crippen LogP contribution >= 0.6 is 0 Å². The van der Waals surface area contributed by atoms with Crippen molar-refractivity contribution in [2.24, 2.45) is 5.73 Å². The predicted octanol–water partition coefficient (Wildman–Crippen LogP) is 2.17. The van der Waals surface area contributed by atoms with E-state index in [9.17, 15) is 0 Å². The molecule has 2 bridgehead atoms. The molecule has 0 aromatic heterocycles. The highest BCUT2D eigenvalue weighted by Gasteiger charge is 2.07. The van der Waals surface area contributed by atoms with E-state index in [0.29, 0.717) is 6.04 Å². The fraction of sp³-hybridized carbons (Fsp3) is 0.400. The summed E-state index contributed by atoms with van der Waals surface area (Å²) in [5.74, 6) is 0. The zero-order valence-corrected chi connectivity index (χ0v) is 7.17. The zero-order valence-electron chi connectivity index (χ0n) is 7.17. The zero-order chi connectivity index (χ0) is 8.27. The molecule has 2 aliphatic carbocycles. The Kier molecular flexibility index (Phi) is 2.66. The maximum absolute atomic E-state index is 5.11. The van der Waals surface area contributed by atoms with Crippen molar-refractivity contribution in [1.29, 1.82) is 0 Å². The van der Waals surface area contributed by atoms with Crippen molar-refractivity contribution in [2.75, 3.05) is 0 Å². The smallest absolute Gasteiger partial charge is 0.00179 e. The first-order chi connectivity index (χ1) is 5.18. The Labute approximate surface area is 68.3 Å². The maximum atomic E-state index is 5.11. The molecule has 0 aromatic rings. The second-order valence-corrected chi connectivity index (χ2v) is 3.24. The van der Waals surface area contributed by atoms with Crippen LogP contribution in [0.2, 0.25) is 0 Å². The molecule has 0 amide bonds. The first-order valence-corrected chi connectivity index (χ1v) is 4.02. The SMILES string of the molecule is C1=CC2=CC=C1C2.CC(C)N. The van der Waals surface area contributed by atoms with Crippen LogP contribution in [0.4, 0.5) is 0 Å². The summed E-state index contributed by atoms with van der Waals surface area (Å²) < 4.78 is 0. The van der Waals surface area contributed by atoms with Crippen molar-refractivity contribution in [3.63, 3.8) is 0 Å². The van der Waals surface area contributed by atoms with Crippen LogP contribution in [0.1, 0.15) is 20.3 Å². The number of fused-ring (bicyclic) bond motifs is 2. The van der Waals surface area contributed by atoms with Gasteiger partial charge >= 0.3 is 0 Å². The Morgan fingerprint density at radius 2 is 1.55 bits per heavy atom. The highest BCUT2D eigenvalue weighted by atomic mass is 14.6. The van der Waals surface area contributed by atoms with Crippen molar-refractivity contribution in [2.45, 2.75) is 26.3 Å². The summed E-state index contributed by atoms with van der Waals surface area (Å²) in [5.41, 5.74) is 8.05. The van der Waals surface area contributed by atoms with Crippen LogP contribution < -0.4 is 5.73 Å². The lowest BCUT2D eigenvalue weighted by Gasteiger charge is -1.81. The minimum absolute atomic E-state index is 0.333. The van der Waals surface area contributed by atoms with E-state index in [0.717, 1.165) is 0 Å². The van der Waals surface area contributed by atoms with Gasteiger partial charge in [0.2, 0.25) is 0 Å². The van der Waals surface area contributed by atoms with E-state index in [1.165, 1.54) is 17.6 Å². The first kappa shape index (κ1) is 8.28. The minimum atomic E-state index is 0.333. The fourth-order valence-electron chi connectivity index (χ4n) is 1.01. The number of hydrogen-bond donors (Lipinski definition) is 1. The lowest BCUT2D eigenvalue weighted by molar-refractivity contribution is 0.834. The highest BCUT2D eigenvalue weighted by molar-refractivity contribution is 5.49. The number of rotatable bonds is 0.